The van der Waals surface area contributed by atoms with Crippen LogP contribution in [0.2, 0.25) is 0 Å². The summed E-state index contributed by atoms with van der Waals surface area (Å²) >= 11 is 0. The second kappa shape index (κ2) is 7.69. The van der Waals surface area contributed by atoms with Crippen molar-refractivity contribution in [3.05, 3.63) is 41.7 Å². The van der Waals surface area contributed by atoms with Crippen molar-refractivity contribution in [1.82, 2.24) is 5.32 Å². The molecule has 1 rings (SSSR count). The molecule has 0 fully saturated rings. The van der Waals surface area contributed by atoms with Crippen molar-refractivity contribution in [2.24, 2.45) is 0 Å². The van der Waals surface area contributed by atoms with Crippen LogP contribution in [0.3, 0.4) is 0 Å². The van der Waals surface area contributed by atoms with Gasteiger partial charge in [0.05, 0.1) is 0 Å². The molecule has 1 unspecified atom stereocenters. The molecule has 0 aliphatic carbocycles. The zero-order chi connectivity index (χ0) is 14.3. The summed E-state index contributed by atoms with van der Waals surface area (Å²) in [6.45, 7) is 3.78. The summed E-state index contributed by atoms with van der Waals surface area (Å²) in [6, 6.07) is 6.15. The largest absolute Gasteiger partial charge is 0.396 e. The minimum absolute atomic E-state index is 0.0104. The fourth-order valence-corrected chi connectivity index (χ4v) is 1.77. The van der Waals surface area contributed by atoms with Crippen molar-refractivity contribution in [3.63, 3.8) is 0 Å². The van der Waals surface area contributed by atoms with Crippen LogP contribution in [0.5, 0.6) is 0 Å². The van der Waals surface area contributed by atoms with E-state index in [9.17, 15) is 9.18 Å². The summed E-state index contributed by atoms with van der Waals surface area (Å²) in [4.78, 5) is 11.7. The Labute approximate surface area is 113 Å². The van der Waals surface area contributed by atoms with Gasteiger partial charge in [-0.3, -0.25) is 4.79 Å². The quantitative estimate of drug-likeness (QED) is 0.776. The van der Waals surface area contributed by atoms with Crippen LogP contribution >= 0.6 is 0 Å². The van der Waals surface area contributed by atoms with Gasteiger partial charge in [0.15, 0.2) is 0 Å². The predicted molar refractivity (Wildman–Crippen MR) is 74.0 cm³/mol. The number of carbonyl (C=O) groups excluding carboxylic acids is 1. The second-order valence-electron chi connectivity index (χ2n) is 4.61. The Bertz CT molecular complexity index is 457. The first-order valence-corrected chi connectivity index (χ1v) is 6.38. The molecule has 0 heterocycles. The molecule has 0 aromatic heterocycles. The van der Waals surface area contributed by atoms with Gasteiger partial charge in [0.2, 0.25) is 5.91 Å². The SMILES string of the molecule is C/C(=C/C(=O)NC(C)CCCO)c1cccc(F)c1. The summed E-state index contributed by atoms with van der Waals surface area (Å²) in [5, 5.41) is 11.5. The van der Waals surface area contributed by atoms with E-state index in [1.54, 1.807) is 19.1 Å². The molecule has 1 aromatic carbocycles. The van der Waals surface area contributed by atoms with E-state index in [0.29, 0.717) is 17.6 Å². The highest BCUT2D eigenvalue weighted by Crippen LogP contribution is 2.14. The summed E-state index contributed by atoms with van der Waals surface area (Å²) < 4.78 is 13.1. The van der Waals surface area contributed by atoms with Crippen molar-refractivity contribution in [2.75, 3.05) is 6.61 Å². The molecule has 0 aliphatic heterocycles. The van der Waals surface area contributed by atoms with Crippen LogP contribution in [-0.4, -0.2) is 23.7 Å². The normalized spacial score (nSPS) is 13.2. The van der Waals surface area contributed by atoms with Gasteiger partial charge in [0, 0.05) is 18.7 Å². The van der Waals surface area contributed by atoms with Gasteiger partial charge in [-0.25, -0.2) is 4.39 Å². The monoisotopic (exact) mass is 265 g/mol. The van der Waals surface area contributed by atoms with Crippen LogP contribution in [0.1, 0.15) is 32.3 Å². The minimum Gasteiger partial charge on any atom is -0.396 e. The molecule has 0 bridgehead atoms. The van der Waals surface area contributed by atoms with Crippen LogP contribution in [-0.2, 0) is 4.79 Å². The number of allylic oxidation sites excluding steroid dienone is 1. The van der Waals surface area contributed by atoms with Gasteiger partial charge in [-0.2, -0.15) is 0 Å². The zero-order valence-corrected chi connectivity index (χ0v) is 11.3. The van der Waals surface area contributed by atoms with Gasteiger partial charge >= 0.3 is 0 Å². The number of amides is 1. The number of rotatable bonds is 6. The molecular formula is C15H20FNO2. The first kappa shape index (κ1) is 15.4. The van der Waals surface area contributed by atoms with E-state index < -0.39 is 0 Å². The summed E-state index contributed by atoms with van der Waals surface area (Å²) in [6.07, 6.45) is 2.85. The Morgan fingerprint density at radius 1 is 1.53 bits per heavy atom. The second-order valence-corrected chi connectivity index (χ2v) is 4.61. The molecule has 1 atom stereocenters. The molecule has 1 amide bonds. The van der Waals surface area contributed by atoms with Gasteiger partial charge in [-0.05, 0) is 50.0 Å². The maximum absolute atomic E-state index is 13.1. The lowest BCUT2D eigenvalue weighted by molar-refractivity contribution is -0.117. The van der Waals surface area contributed by atoms with Gasteiger partial charge in [-0.1, -0.05) is 12.1 Å². The summed E-state index contributed by atoms with van der Waals surface area (Å²) in [7, 11) is 0. The van der Waals surface area contributed by atoms with Crippen molar-refractivity contribution >= 4 is 11.5 Å². The molecule has 0 radical (unpaired) electrons. The Kier molecular flexibility index (Phi) is 6.22. The van der Waals surface area contributed by atoms with Gasteiger partial charge < -0.3 is 10.4 Å². The molecule has 1 aromatic rings. The molecule has 0 aliphatic rings. The fraction of sp³-hybridized carbons (Fsp3) is 0.400. The zero-order valence-electron chi connectivity index (χ0n) is 11.3. The Morgan fingerprint density at radius 2 is 2.26 bits per heavy atom. The van der Waals surface area contributed by atoms with Crippen LogP contribution in [0.15, 0.2) is 30.3 Å². The molecule has 0 spiro atoms. The molecule has 2 N–H and O–H groups in total. The number of aliphatic hydroxyl groups excluding tert-OH is 1. The highest BCUT2D eigenvalue weighted by Gasteiger charge is 2.06. The smallest absolute Gasteiger partial charge is 0.244 e. The number of hydrogen-bond donors (Lipinski definition) is 2. The molecule has 4 heteroatoms. The van der Waals surface area contributed by atoms with Crippen molar-refractivity contribution in [3.8, 4) is 0 Å². The van der Waals surface area contributed by atoms with Gasteiger partial charge in [0.1, 0.15) is 5.82 Å². The average molecular weight is 265 g/mol. The van der Waals surface area contributed by atoms with E-state index in [-0.39, 0.29) is 24.4 Å². The summed E-state index contributed by atoms with van der Waals surface area (Å²) in [5.74, 6) is -0.519. The number of carbonyl (C=O) groups is 1. The van der Waals surface area contributed by atoms with Gasteiger partial charge in [0.25, 0.3) is 0 Å². The maximum Gasteiger partial charge on any atom is 0.244 e. The third-order valence-corrected chi connectivity index (χ3v) is 2.81. The third kappa shape index (κ3) is 5.66. The number of halogens is 1. The predicted octanol–water partition coefficient (Wildman–Crippen LogP) is 2.51. The molecule has 104 valence electrons. The standard InChI is InChI=1S/C15H20FNO2/c1-11(13-6-3-7-14(16)10-13)9-15(19)17-12(2)5-4-8-18/h3,6-7,9-10,12,18H,4-5,8H2,1-2H3,(H,17,19)/b11-9-. The molecule has 0 saturated carbocycles. The topological polar surface area (TPSA) is 49.3 Å². The Balaban J connectivity index is 2.61. The minimum atomic E-state index is -0.318. The van der Waals surface area contributed by atoms with Crippen LogP contribution in [0, 0.1) is 5.82 Å². The highest BCUT2D eigenvalue weighted by molar-refractivity contribution is 5.94. The lowest BCUT2D eigenvalue weighted by Gasteiger charge is -2.11. The van der Waals surface area contributed by atoms with Crippen molar-refractivity contribution < 1.29 is 14.3 Å². The van der Waals surface area contributed by atoms with Crippen LogP contribution in [0.25, 0.3) is 5.57 Å². The maximum atomic E-state index is 13.1. The third-order valence-electron chi connectivity index (χ3n) is 2.81. The van der Waals surface area contributed by atoms with Gasteiger partial charge in [-0.15, -0.1) is 0 Å². The van der Waals surface area contributed by atoms with E-state index in [1.165, 1.54) is 18.2 Å². The lowest BCUT2D eigenvalue weighted by Crippen LogP contribution is -2.31. The number of aliphatic hydroxyl groups is 1. The molecular weight excluding hydrogens is 245 g/mol. The highest BCUT2D eigenvalue weighted by atomic mass is 19.1. The van der Waals surface area contributed by atoms with Crippen LogP contribution in [0.4, 0.5) is 4.39 Å². The van der Waals surface area contributed by atoms with E-state index in [0.717, 1.165) is 6.42 Å². The first-order valence-electron chi connectivity index (χ1n) is 6.38. The van der Waals surface area contributed by atoms with Crippen molar-refractivity contribution in [2.45, 2.75) is 32.7 Å². The van der Waals surface area contributed by atoms with E-state index in [2.05, 4.69) is 5.32 Å². The number of nitrogens with one attached hydrogen (secondary N) is 1. The van der Waals surface area contributed by atoms with Crippen molar-refractivity contribution in [1.29, 1.82) is 0 Å². The Morgan fingerprint density at radius 3 is 2.89 bits per heavy atom. The first-order chi connectivity index (χ1) is 9.02. The van der Waals surface area contributed by atoms with E-state index >= 15 is 0 Å². The summed E-state index contributed by atoms with van der Waals surface area (Å²) in [5.41, 5.74) is 1.41. The van der Waals surface area contributed by atoms with E-state index in [1.807, 2.05) is 6.92 Å². The molecule has 0 saturated heterocycles. The lowest BCUT2D eigenvalue weighted by atomic mass is 10.1. The number of benzene rings is 1. The van der Waals surface area contributed by atoms with Crippen LogP contribution < -0.4 is 5.32 Å². The van der Waals surface area contributed by atoms with E-state index in [4.69, 9.17) is 5.11 Å². The molecule has 19 heavy (non-hydrogen) atoms. The number of hydrogen-bond acceptors (Lipinski definition) is 2. The Hall–Kier alpha value is -1.68. The molecule has 3 nitrogen and oxygen atoms in total. The average Bonchev–Trinajstić information content (AvgIpc) is 2.36. The fourth-order valence-electron chi connectivity index (χ4n) is 1.77.